The normalized spacial score (nSPS) is 19.9. The van der Waals surface area contributed by atoms with E-state index in [0.29, 0.717) is 32.2 Å². The van der Waals surface area contributed by atoms with Crippen molar-refractivity contribution in [2.45, 2.75) is 83.5 Å². The van der Waals surface area contributed by atoms with Crippen molar-refractivity contribution in [2.75, 3.05) is 26.3 Å². The molecule has 8 heteroatoms. The van der Waals surface area contributed by atoms with Crippen molar-refractivity contribution < 1.29 is 24.1 Å². The molecule has 2 N–H and O–H groups in total. The number of carbonyl (C=O) groups is 3. The van der Waals surface area contributed by atoms with Gasteiger partial charge in [-0.3, -0.25) is 29.0 Å². The Kier molecular flexibility index (Phi) is 15.7. The highest BCUT2D eigenvalue weighted by Crippen LogP contribution is 2.30. The summed E-state index contributed by atoms with van der Waals surface area (Å²) >= 11 is 0. The zero-order chi connectivity index (χ0) is 25.8. The predicted octanol–water partition coefficient (Wildman–Crippen LogP) is 4.54. The molecule has 0 aromatic rings. The van der Waals surface area contributed by atoms with Gasteiger partial charge in [0.25, 0.3) is 11.8 Å². The van der Waals surface area contributed by atoms with Crippen LogP contribution in [0.15, 0.2) is 37.0 Å². The van der Waals surface area contributed by atoms with E-state index in [2.05, 4.69) is 23.6 Å². The van der Waals surface area contributed by atoms with Crippen molar-refractivity contribution in [3.8, 4) is 0 Å². The van der Waals surface area contributed by atoms with Crippen LogP contribution in [0.3, 0.4) is 0 Å². The van der Waals surface area contributed by atoms with E-state index in [1.807, 2.05) is 12.2 Å². The largest absolute Gasteiger partial charge is 0.356 e. The smallest absolute Gasteiger partial charge is 0.253 e. The summed E-state index contributed by atoms with van der Waals surface area (Å²) in [5, 5.41) is 3.07. The molecule has 0 aromatic carbocycles. The van der Waals surface area contributed by atoms with Gasteiger partial charge in [-0.15, -0.1) is 6.58 Å². The van der Waals surface area contributed by atoms with Gasteiger partial charge in [-0.25, -0.2) is 0 Å². The fourth-order valence-corrected chi connectivity index (χ4v) is 4.56. The Morgan fingerprint density at radius 2 is 1.61 bits per heavy atom. The molecule has 1 aliphatic carbocycles. The topological polar surface area (TPSA) is 97.0 Å². The van der Waals surface area contributed by atoms with E-state index in [-0.39, 0.29) is 23.6 Å². The third kappa shape index (κ3) is 12.6. The Labute approximate surface area is 216 Å². The monoisotopic (exact) mass is 503 g/mol. The van der Waals surface area contributed by atoms with Crippen molar-refractivity contribution in [3.05, 3.63) is 37.0 Å². The highest BCUT2D eigenvalue weighted by molar-refractivity contribution is 6.12. The van der Waals surface area contributed by atoms with Gasteiger partial charge in [0.15, 0.2) is 0 Å². The maximum Gasteiger partial charge on any atom is 0.253 e. The van der Waals surface area contributed by atoms with Crippen LogP contribution in [0.2, 0.25) is 0 Å². The molecule has 1 saturated carbocycles. The third-order valence-corrected chi connectivity index (χ3v) is 6.77. The lowest BCUT2D eigenvalue weighted by Crippen LogP contribution is -2.38. The zero-order valence-electron chi connectivity index (χ0n) is 21.8. The first-order valence-corrected chi connectivity index (χ1v) is 13.7. The first kappa shape index (κ1) is 29.9. The number of hydrogen-bond donors (Lipinski definition) is 2. The van der Waals surface area contributed by atoms with Crippen LogP contribution in [0.4, 0.5) is 0 Å². The zero-order valence-corrected chi connectivity index (χ0v) is 21.8. The Morgan fingerprint density at radius 1 is 0.917 bits per heavy atom. The molecular weight excluding hydrogens is 458 g/mol. The van der Waals surface area contributed by atoms with Gasteiger partial charge in [-0.05, 0) is 70.1 Å². The van der Waals surface area contributed by atoms with Gasteiger partial charge in [-0.1, -0.05) is 43.1 Å². The van der Waals surface area contributed by atoms with E-state index >= 15 is 0 Å². The minimum absolute atomic E-state index is 0.0426. The summed E-state index contributed by atoms with van der Waals surface area (Å²) in [7, 11) is 0. The molecular formula is C28H45N3O5. The molecule has 3 amide bonds. The van der Waals surface area contributed by atoms with Crippen LogP contribution in [-0.4, -0.2) is 48.9 Å². The molecule has 8 nitrogen and oxygen atoms in total. The Balaban J connectivity index is 1.34. The highest BCUT2D eigenvalue weighted by Gasteiger charge is 2.31. The number of carbonyl (C=O) groups excluding carboxylic acids is 3. The second-order valence-electron chi connectivity index (χ2n) is 9.68. The first-order valence-electron chi connectivity index (χ1n) is 13.7. The van der Waals surface area contributed by atoms with Gasteiger partial charge in [0.1, 0.15) is 0 Å². The lowest BCUT2D eigenvalue weighted by molar-refractivity contribution is -0.163. The number of imide groups is 1. The molecule has 1 heterocycles. The molecule has 1 fully saturated rings. The van der Waals surface area contributed by atoms with Crippen molar-refractivity contribution in [1.82, 2.24) is 15.9 Å². The molecule has 2 rings (SSSR count). The van der Waals surface area contributed by atoms with Crippen molar-refractivity contribution in [2.24, 2.45) is 11.8 Å². The molecule has 0 saturated heterocycles. The summed E-state index contributed by atoms with van der Waals surface area (Å²) in [6.07, 6.45) is 21.9. The first-order chi connectivity index (χ1) is 17.6. The van der Waals surface area contributed by atoms with E-state index < -0.39 is 0 Å². The van der Waals surface area contributed by atoms with E-state index in [9.17, 15) is 14.4 Å². The van der Waals surface area contributed by atoms with E-state index in [1.54, 1.807) is 0 Å². The average molecular weight is 504 g/mol. The highest BCUT2D eigenvalue weighted by atomic mass is 16.9. The van der Waals surface area contributed by atoms with Crippen LogP contribution in [0.25, 0.3) is 0 Å². The fourth-order valence-electron chi connectivity index (χ4n) is 4.56. The molecule has 1 aliphatic heterocycles. The Hall–Kier alpha value is -2.29. The quantitative estimate of drug-likeness (QED) is 0.110. The number of unbranched alkanes of at least 4 members (excludes halogenated alkanes) is 7. The minimum atomic E-state index is -0.222. The number of rotatable bonds is 20. The summed E-state index contributed by atoms with van der Waals surface area (Å²) in [4.78, 5) is 47.6. The summed E-state index contributed by atoms with van der Waals surface area (Å²) in [6, 6.07) is 0. The molecule has 0 aromatic heterocycles. The van der Waals surface area contributed by atoms with Gasteiger partial charge in [0.05, 0.1) is 13.2 Å². The van der Waals surface area contributed by atoms with Gasteiger partial charge in [0.2, 0.25) is 5.91 Å². The maximum absolute atomic E-state index is 12.4. The van der Waals surface area contributed by atoms with Crippen LogP contribution in [0.5, 0.6) is 0 Å². The van der Waals surface area contributed by atoms with Crippen molar-refractivity contribution >= 4 is 17.7 Å². The molecule has 0 bridgehead atoms. The lowest BCUT2D eigenvalue weighted by atomic mass is 9.81. The van der Waals surface area contributed by atoms with Crippen LogP contribution < -0.4 is 11.0 Å². The van der Waals surface area contributed by atoms with Crippen LogP contribution in [0.1, 0.15) is 83.5 Å². The molecule has 0 unspecified atom stereocenters. The number of nitrogens with zero attached hydrogens (tertiary/aromatic N) is 1. The SMILES string of the molecule is C=CCCCCC/C=C/CONOCCCCCCNC(=O)C1CCC(CN2C(=O)C=CC2=O)CC1. The van der Waals surface area contributed by atoms with Crippen LogP contribution in [-0.2, 0) is 24.1 Å². The number of nitrogens with one attached hydrogen (secondary N) is 2. The predicted molar refractivity (Wildman–Crippen MR) is 140 cm³/mol. The number of amides is 3. The lowest BCUT2D eigenvalue weighted by Gasteiger charge is -2.30. The molecule has 202 valence electrons. The van der Waals surface area contributed by atoms with Crippen LogP contribution in [0, 0.1) is 11.8 Å². The second kappa shape index (κ2) is 18.9. The van der Waals surface area contributed by atoms with Gasteiger partial charge >= 0.3 is 0 Å². The Morgan fingerprint density at radius 3 is 2.36 bits per heavy atom. The molecule has 36 heavy (non-hydrogen) atoms. The summed E-state index contributed by atoms with van der Waals surface area (Å²) in [5.74, 6) is 0.0274. The minimum Gasteiger partial charge on any atom is -0.356 e. The molecule has 0 spiro atoms. The van der Waals surface area contributed by atoms with Crippen LogP contribution >= 0.6 is 0 Å². The average Bonchev–Trinajstić information content (AvgIpc) is 3.20. The molecule has 0 radical (unpaired) electrons. The third-order valence-electron chi connectivity index (χ3n) is 6.77. The maximum atomic E-state index is 12.4. The summed E-state index contributed by atoms with van der Waals surface area (Å²) in [6.45, 7) is 5.98. The van der Waals surface area contributed by atoms with Gasteiger partial charge < -0.3 is 5.32 Å². The summed E-state index contributed by atoms with van der Waals surface area (Å²) < 4.78 is 0. The summed E-state index contributed by atoms with van der Waals surface area (Å²) in [5.41, 5.74) is 2.53. The van der Waals surface area contributed by atoms with Crippen molar-refractivity contribution in [3.63, 3.8) is 0 Å². The van der Waals surface area contributed by atoms with Gasteiger partial charge in [-0.2, -0.15) is 0 Å². The standard InChI is InChI=1S/C28H45N3O5/c1-2-3-4-5-6-7-9-12-21-35-30-36-22-13-10-8-11-20-29-28(34)25-16-14-24(15-17-25)23-31-26(32)18-19-27(31)33/h2,9,12,18-19,24-25,30H,1,3-8,10-11,13-17,20-23H2,(H,29,34)/b12-9+. The number of hydrogen-bond acceptors (Lipinski definition) is 6. The number of allylic oxidation sites excluding steroid dienone is 2. The van der Waals surface area contributed by atoms with E-state index in [0.717, 1.165) is 64.2 Å². The van der Waals surface area contributed by atoms with E-state index in [4.69, 9.17) is 9.68 Å². The molecule has 0 atom stereocenters. The van der Waals surface area contributed by atoms with Crippen molar-refractivity contribution in [1.29, 1.82) is 0 Å². The van der Waals surface area contributed by atoms with E-state index in [1.165, 1.54) is 36.3 Å². The Bertz CT molecular complexity index is 711. The van der Waals surface area contributed by atoms with Gasteiger partial charge in [0, 0.05) is 31.2 Å². The fraction of sp³-hybridized carbons (Fsp3) is 0.679. The molecule has 2 aliphatic rings. The second-order valence-corrected chi connectivity index (χ2v) is 9.68.